The molecule has 98 valence electrons. The van der Waals surface area contributed by atoms with Crippen LogP contribution < -0.4 is 11.1 Å². The summed E-state index contributed by atoms with van der Waals surface area (Å²) in [6.07, 6.45) is 11.0. The van der Waals surface area contributed by atoms with Crippen LogP contribution in [0.25, 0.3) is 0 Å². The minimum absolute atomic E-state index is 0.213. The van der Waals surface area contributed by atoms with Crippen LogP contribution in [0, 0.1) is 11.8 Å². The summed E-state index contributed by atoms with van der Waals surface area (Å²) in [4.78, 5) is 11.8. The third-order valence-corrected chi connectivity index (χ3v) is 4.28. The highest BCUT2D eigenvalue weighted by Crippen LogP contribution is 2.32. The Balaban J connectivity index is 1.56. The van der Waals surface area contributed by atoms with E-state index in [0.29, 0.717) is 18.9 Å². The van der Waals surface area contributed by atoms with Gasteiger partial charge in [-0.3, -0.25) is 4.79 Å². The number of nitrogens with two attached hydrogens (primary N) is 1. The van der Waals surface area contributed by atoms with E-state index in [-0.39, 0.29) is 11.9 Å². The van der Waals surface area contributed by atoms with E-state index in [1.54, 1.807) is 0 Å². The van der Waals surface area contributed by atoms with Crippen molar-refractivity contribution < 1.29 is 4.79 Å². The molecule has 1 amide bonds. The lowest BCUT2D eigenvalue weighted by molar-refractivity contribution is -0.122. The second-order valence-corrected chi connectivity index (χ2v) is 5.79. The maximum Gasteiger partial charge on any atom is 0.220 e. The van der Waals surface area contributed by atoms with Crippen LogP contribution in [0.3, 0.4) is 0 Å². The molecule has 0 heterocycles. The van der Waals surface area contributed by atoms with E-state index in [1.165, 1.54) is 44.9 Å². The fourth-order valence-corrected chi connectivity index (χ4v) is 3.00. The molecule has 2 saturated carbocycles. The highest BCUT2D eigenvalue weighted by molar-refractivity contribution is 5.76. The lowest BCUT2D eigenvalue weighted by Crippen LogP contribution is -2.41. The van der Waals surface area contributed by atoms with E-state index >= 15 is 0 Å². The fraction of sp³-hybridized carbons (Fsp3) is 0.929. The van der Waals surface area contributed by atoms with Crippen molar-refractivity contribution in [3.8, 4) is 0 Å². The number of rotatable bonds is 7. The summed E-state index contributed by atoms with van der Waals surface area (Å²) in [6.45, 7) is 0.596. The molecule has 0 aliphatic heterocycles. The van der Waals surface area contributed by atoms with Crippen LogP contribution in [0.4, 0.5) is 0 Å². The van der Waals surface area contributed by atoms with Crippen LogP contribution in [-0.4, -0.2) is 18.5 Å². The van der Waals surface area contributed by atoms with Gasteiger partial charge in [-0.05, 0) is 37.5 Å². The number of amides is 1. The first-order valence-electron chi connectivity index (χ1n) is 7.29. The lowest BCUT2D eigenvalue weighted by atomic mass is 10.0. The Hall–Kier alpha value is -0.570. The molecule has 3 heteroatoms. The van der Waals surface area contributed by atoms with E-state index < -0.39 is 0 Å². The van der Waals surface area contributed by atoms with Gasteiger partial charge in [0.15, 0.2) is 0 Å². The minimum Gasteiger partial charge on any atom is -0.352 e. The highest BCUT2D eigenvalue weighted by atomic mass is 16.1. The summed E-state index contributed by atoms with van der Waals surface area (Å²) >= 11 is 0. The van der Waals surface area contributed by atoms with Gasteiger partial charge in [0.1, 0.15) is 0 Å². The second kappa shape index (κ2) is 6.39. The summed E-state index contributed by atoms with van der Waals surface area (Å²) in [7, 11) is 0. The van der Waals surface area contributed by atoms with Crippen molar-refractivity contribution >= 4 is 5.91 Å². The molecule has 1 unspecified atom stereocenters. The van der Waals surface area contributed by atoms with Gasteiger partial charge in [0, 0.05) is 19.0 Å². The molecule has 17 heavy (non-hydrogen) atoms. The van der Waals surface area contributed by atoms with E-state index in [2.05, 4.69) is 5.32 Å². The second-order valence-electron chi connectivity index (χ2n) is 5.79. The van der Waals surface area contributed by atoms with E-state index in [4.69, 9.17) is 5.73 Å². The molecule has 1 atom stereocenters. The zero-order valence-electron chi connectivity index (χ0n) is 10.8. The Labute approximate surface area is 105 Å². The Kier molecular flexibility index (Phi) is 4.84. The quantitative estimate of drug-likeness (QED) is 0.714. The van der Waals surface area contributed by atoms with Gasteiger partial charge in [-0.1, -0.05) is 25.7 Å². The topological polar surface area (TPSA) is 55.1 Å². The predicted octanol–water partition coefficient (Wildman–Crippen LogP) is 2.20. The van der Waals surface area contributed by atoms with E-state index in [1.807, 2.05) is 0 Å². The van der Waals surface area contributed by atoms with Crippen molar-refractivity contribution in [2.45, 2.75) is 63.8 Å². The number of carbonyl (C=O) groups excluding carboxylic acids is 1. The first-order chi connectivity index (χ1) is 8.29. The van der Waals surface area contributed by atoms with Crippen LogP contribution in [0.2, 0.25) is 0 Å². The lowest BCUT2D eigenvalue weighted by Gasteiger charge is -2.16. The van der Waals surface area contributed by atoms with Gasteiger partial charge in [0.25, 0.3) is 0 Å². The highest BCUT2D eigenvalue weighted by Gasteiger charge is 2.31. The molecule has 0 aromatic heterocycles. The van der Waals surface area contributed by atoms with Gasteiger partial charge in [0.05, 0.1) is 0 Å². The molecular weight excluding hydrogens is 212 g/mol. The zero-order valence-corrected chi connectivity index (χ0v) is 10.8. The SMILES string of the molecule is NCC(NC(=O)CCCC1CCCC1)C1CC1. The molecule has 0 radical (unpaired) electrons. The summed E-state index contributed by atoms with van der Waals surface area (Å²) in [5.74, 6) is 1.78. The van der Waals surface area contributed by atoms with Gasteiger partial charge >= 0.3 is 0 Å². The smallest absolute Gasteiger partial charge is 0.220 e. The largest absolute Gasteiger partial charge is 0.352 e. The number of nitrogens with one attached hydrogen (secondary N) is 1. The molecule has 2 aliphatic rings. The zero-order chi connectivity index (χ0) is 12.1. The molecular formula is C14H26N2O. The predicted molar refractivity (Wildman–Crippen MR) is 69.5 cm³/mol. The van der Waals surface area contributed by atoms with Gasteiger partial charge in [0.2, 0.25) is 5.91 Å². The molecule has 2 rings (SSSR count). The van der Waals surface area contributed by atoms with Gasteiger partial charge in [-0.15, -0.1) is 0 Å². The first kappa shape index (κ1) is 12.9. The summed E-state index contributed by atoms with van der Waals surface area (Å²) in [6, 6.07) is 0.244. The standard InChI is InChI=1S/C14H26N2O/c15-10-13(12-8-9-12)16-14(17)7-3-6-11-4-1-2-5-11/h11-13H,1-10,15H2,(H,16,17). The maximum absolute atomic E-state index is 11.8. The summed E-state index contributed by atoms with van der Waals surface area (Å²) in [5, 5.41) is 3.09. The van der Waals surface area contributed by atoms with Crippen molar-refractivity contribution in [1.82, 2.24) is 5.32 Å². The number of hydrogen-bond donors (Lipinski definition) is 2. The normalized spacial score (nSPS) is 22.6. The number of hydrogen-bond acceptors (Lipinski definition) is 2. The van der Waals surface area contributed by atoms with Crippen molar-refractivity contribution in [2.24, 2.45) is 17.6 Å². The Morgan fingerprint density at radius 3 is 2.53 bits per heavy atom. The van der Waals surface area contributed by atoms with E-state index in [0.717, 1.165) is 12.3 Å². The molecule has 0 spiro atoms. The molecule has 3 nitrogen and oxygen atoms in total. The summed E-state index contributed by atoms with van der Waals surface area (Å²) in [5.41, 5.74) is 5.68. The van der Waals surface area contributed by atoms with Crippen LogP contribution in [0.5, 0.6) is 0 Å². The Bertz CT molecular complexity index is 245. The molecule has 3 N–H and O–H groups in total. The fourth-order valence-electron chi connectivity index (χ4n) is 3.00. The molecule has 0 aromatic rings. The van der Waals surface area contributed by atoms with Crippen LogP contribution in [-0.2, 0) is 4.79 Å². The maximum atomic E-state index is 11.8. The van der Waals surface area contributed by atoms with Gasteiger partial charge < -0.3 is 11.1 Å². The van der Waals surface area contributed by atoms with Crippen molar-refractivity contribution in [3.05, 3.63) is 0 Å². The van der Waals surface area contributed by atoms with Crippen LogP contribution >= 0.6 is 0 Å². The van der Waals surface area contributed by atoms with Crippen molar-refractivity contribution in [1.29, 1.82) is 0 Å². The minimum atomic E-state index is 0.213. The number of carbonyl (C=O) groups is 1. The third kappa shape index (κ3) is 4.30. The molecule has 2 aliphatic carbocycles. The Morgan fingerprint density at radius 2 is 1.94 bits per heavy atom. The monoisotopic (exact) mass is 238 g/mol. The van der Waals surface area contributed by atoms with Crippen molar-refractivity contribution in [3.63, 3.8) is 0 Å². The molecule has 0 bridgehead atoms. The first-order valence-corrected chi connectivity index (χ1v) is 7.29. The summed E-state index contributed by atoms with van der Waals surface area (Å²) < 4.78 is 0. The third-order valence-electron chi connectivity index (χ3n) is 4.28. The molecule has 2 fully saturated rings. The van der Waals surface area contributed by atoms with Crippen molar-refractivity contribution in [2.75, 3.05) is 6.54 Å². The Morgan fingerprint density at radius 1 is 1.24 bits per heavy atom. The molecule has 0 aromatic carbocycles. The van der Waals surface area contributed by atoms with Crippen LogP contribution in [0.1, 0.15) is 57.8 Å². The van der Waals surface area contributed by atoms with Gasteiger partial charge in [-0.25, -0.2) is 0 Å². The average Bonchev–Trinajstić information content (AvgIpc) is 3.04. The molecule has 0 saturated heterocycles. The van der Waals surface area contributed by atoms with E-state index in [9.17, 15) is 4.79 Å². The van der Waals surface area contributed by atoms with Crippen LogP contribution in [0.15, 0.2) is 0 Å². The average molecular weight is 238 g/mol. The van der Waals surface area contributed by atoms with Gasteiger partial charge in [-0.2, -0.15) is 0 Å².